The summed E-state index contributed by atoms with van der Waals surface area (Å²) in [4.78, 5) is 42.3. The van der Waals surface area contributed by atoms with E-state index >= 15 is 0 Å². The molecule has 0 aliphatic carbocycles. The summed E-state index contributed by atoms with van der Waals surface area (Å²) in [5.74, 6) is -4.23. The standard InChI is InChI=1S/C30H27NO5/c1-31-26(22-16-8-12-18-10-4-6-14-20(18)22)24(29(33)35-2)28(32)25(30(34)36-3)27(31)23-17-9-13-19-11-5-7-15-21(19)23/h4-17,24-27H,1-3H3. The molecule has 4 atom stereocenters. The molecule has 5 rings (SSSR count). The molecule has 0 radical (unpaired) electrons. The van der Waals surface area contributed by atoms with E-state index in [1.54, 1.807) is 0 Å². The van der Waals surface area contributed by atoms with Crippen LogP contribution in [0.2, 0.25) is 0 Å². The largest absolute Gasteiger partial charge is 0.468 e. The highest BCUT2D eigenvalue weighted by Gasteiger charge is 2.55. The molecule has 4 aromatic rings. The van der Waals surface area contributed by atoms with Gasteiger partial charge in [0.05, 0.1) is 26.3 Å². The van der Waals surface area contributed by atoms with Crippen molar-refractivity contribution in [3.63, 3.8) is 0 Å². The molecule has 6 heteroatoms. The summed E-state index contributed by atoms with van der Waals surface area (Å²) in [6.45, 7) is 0. The highest BCUT2D eigenvalue weighted by molar-refractivity contribution is 6.11. The monoisotopic (exact) mass is 481 g/mol. The number of Topliss-reactive ketones (excluding diaryl/α,β-unsaturated/α-hetero) is 1. The highest BCUT2D eigenvalue weighted by Crippen LogP contribution is 2.48. The van der Waals surface area contributed by atoms with E-state index in [0.717, 1.165) is 32.7 Å². The molecule has 1 aliphatic rings. The molecule has 1 heterocycles. The zero-order chi connectivity index (χ0) is 25.4. The van der Waals surface area contributed by atoms with Gasteiger partial charge in [-0.25, -0.2) is 0 Å². The number of benzene rings is 4. The normalized spacial score (nSPS) is 22.5. The average Bonchev–Trinajstić information content (AvgIpc) is 2.92. The molecule has 1 saturated heterocycles. The number of ketones is 1. The van der Waals surface area contributed by atoms with Gasteiger partial charge < -0.3 is 9.47 Å². The first-order valence-corrected chi connectivity index (χ1v) is 11.8. The molecule has 182 valence electrons. The molecular formula is C30H27NO5. The average molecular weight is 482 g/mol. The summed E-state index contributed by atoms with van der Waals surface area (Å²) >= 11 is 0. The molecule has 0 aromatic heterocycles. The van der Waals surface area contributed by atoms with Crippen molar-refractivity contribution in [1.29, 1.82) is 0 Å². The number of carbonyl (C=O) groups is 3. The van der Waals surface area contributed by atoms with E-state index in [1.807, 2.05) is 96.9 Å². The minimum atomic E-state index is -1.19. The minimum absolute atomic E-state index is 0.498. The third-order valence-corrected chi connectivity index (χ3v) is 7.32. The number of hydrogen-bond acceptors (Lipinski definition) is 6. The molecule has 0 saturated carbocycles. The second-order valence-electron chi connectivity index (χ2n) is 9.10. The number of rotatable bonds is 4. The fourth-order valence-corrected chi connectivity index (χ4v) is 5.71. The quantitative estimate of drug-likeness (QED) is 0.306. The Kier molecular flexibility index (Phi) is 6.29. The van der Waals surface area contributed by atoms with E-state index in [1.165, 1.54) is 14.2 Å². The topological polar surface area (TPSA) is 72.9 Å². The molecule has 36 heavy (non-hydrogen) atoms. The van der Waals surface area contributed by atoms with Crippen LogP contribution in [0.5, 0.6) is 0 Å². The lowest BCUT2D eigenvalue weighted by atomic mass is 9.72. The molecular weight excluding hydrogens is 454 g/mol. The van der Waals surface area contributed by atoms with Crippen LogP contribution in [0.1, 0.15) is 23.2 Å². The van der Waals surface area contributed by atoms with Crippen LogP contribution < -0.4 is 0 Å². The van der Waals surface area contributed by atoms with Gasteiger partial charge in [-0.15, -0.1) is 0 Å². The maximum absolute atomic E-state index is 14.1. The summed E-state index contributed by atoms with van der Waals surface area (Å²) in [6.07, 6.45) is 0. The Morgan fingerprint density at radius 2 is 1.03 bits per heavy atom. The number of esters is 2. The second kappa shape index (κ2) is 9.55. The lowest BCUT2D eigenvalue weighted by Gasteiger charge is -2.46. The van der Waals surface area contributed by atoms with Crippen molar-refractivity contribution in [3.8, 4) is 0 Å². The number of likely N-dealkylation sites (tertiary alicyclic amines) is 1. The van der Waals surface area contributed by atoms with Gasteiger partial charge in [0.2, 0.25) is 0 Å². The van der Waals surface area contributed by atoms with E-state index in [0.29, 0.717) is 0 Å². The van der Waals surface area contributed by atoms with E-state index in [4.69, 9.17) is 9.47 Å². The predicted octanol–water partition coefficient (Wildman–Crippen LogP) is 4.87. The van der Waals surface area contributed by atoms with Crippen molar-refractivity contribution in [2.75, 3.05) is 21.3 Å². The van der Waals surface area contributed by atoms with Gasteiger partial charge in [0.15, 0.2) is 5.78 Å². The second-order valence-corrected chi connectivity index (χ2v) is 9.10. The van der Waals surface area contributed by atoms with Gasteiger partial charge in [-0.1, -0.05) is 84.9 Å². The van der Waals surface area contributed by atoms with Crippen molar-refractivity contribution in [1.82, 2.24) is 4.90 Å². The van der Waals surface area contributed by atoms with Crippen molar-refractivity contribution in [3.05, 3.63) is 96.1 Å². The zero-order valence-electron chi connectivity index (χ0n) is 20.4. The smallest absolute Gasteiger partial charge is 0.318 e. The number of fused-ring (bicyclic) bond motifs is 2. The van der Waals surface area contributed by atoms with Gasteiger partial charge in [0.1, 0.15) is 11.8 Å². The van der Waals surface area contributed by atoms with E-state index < -0.39 is 41.6 Å². The minimum Gasteiger partial charge on any atom is -0.468 e. The number of hydrogen-bond donors (Lipinski definition) is 0. The fraction of sp³-hybridized carbons (Fsp3) is 0.233. The van der Waals surface area contributed by atoms with E-state index in [-0.39, 0.29) is 0 Å². The van der Waals surface area contributed by atoms with Crippen molar-refractivity contribution >= 4 is 39.3 Å². The molecule has 6 nitrogen and oxygen atoms in total. The van der Waals surface area contributed by atoms with Crippen LogP contribution in [-0.4, -0.2) is 43.9 Å². The van der Waals surface area contributed by atoms with Crippen LogP contribution >= 0.6 is 0 Å². The van der Waals surface area contributed by atoms with Crippen LogP contribution in [0.4, 0.5) is 0 Å². The summed E-state index contributed by atoms with van der Waals surface area (Å²) in [6, 6.07) is 26.1. The van der Waals surface area contributed by atoms with Crippen LogP contribution in [0.3, 0.4) is 0 Å². The Morgan fingerprint density at radius 1 is 0.639 bits per heavy atom. The Bertz CT molecular complexity index is 1360. The fourth-order valence-electron chi connectivity index (χ4n) is 5.71. The number of carbonyl (C=O) groups excluding carboxylic acids is 3. The lowest BCUT2D eigenvalue weighted by molar-refractivity contribution is -0.167. The van der Waals surface area contributed by atoms with Gasteiger partial charge >= 0.3 is 11.9 Å². The molecule has 0 bridgehead atoms. The summed E-state index contributed by atoms with van der Waals surface area (Å²) in [5.41, 5.74) is 1.65. The number of methoxy groups -OCH3 is 2. The molecule has 0 N–H and O–H groups in total. The first-order valence-electron chi connectivity index (χ1n) is 11.8. The maximum atomic E-state index is 14.1. The SMILES string of the molecule is COC(=O)C1C(=O)C(C(=O)OC)C(c2cccc3ccccc23)N(C)C1c1cccc2ccccc12. The first kappa shape index (κ1) is 23.7. The van der Waals surface area contributed by atoms with Gasteiger partial charge in [0, 0.05) is 0 Å². The maximum Gasteiger partial charge on any atom is 0.318 e. The Labute approximate surface area is 209 Å². The molecule has 1 fully saturated rings. The summed E-state index contributed by atoms with van der Waals surface area (Å²) in [5, 5.41) is 3.87. The molecule has 0 spiro atoms. The van der Waals surface area contributed by atoms with Crippen LogP contribution in [0.15, 0.2) is 84.9 Å². The van der Waals surface area contributed by atoms with Crippen LogP contribution in [0, 0.1) is 11.8 Å². The Balaban J connectivity index is 1.78. The number of ether oxygens (including phenoxy) is 2. The highest BCUT2D eigenvalue weighted by atomic mass is 16.5. The predicted molar refractivity (Wildman–Crippen MR) is 137 cm³/mol. The Morgan fingerprint density at radius 3 is 1.44 bits per heavy atom. The molecule has 0 amide bonds. The third kappa shape index (κ3) is 3.74. The molecule has 1 aliphatic heterocycles. The van der Waals surface area contributed by atoms with Crippen molar-refractivity contribution < 1.29 is 23.9 Å². The zero-order valence-corrected chi connectivity index (χ0v) is 20.4. The third-order valence-electron chi connectivity index (χ3n) is 7.32. The van der Waals surface area contributed by atoms with Gasteiger partial charge in [-0.2, -0.15) is 0 Å². The van der Waals surface area contributed by atoms with Gasteiger partial charge in [0.25, 0.3) is 0 Å². The Hall–Kier alpha value is -4.03. The van der Waals surface area contributed by atoms with Crippen molar-refractivity contribution in [2.45, 2.75) is 12.1 Å². The number of piperidine rings is 1. The first-order chi connectivity index (χ1) is 17.5. The lowest BCUT2D eigenvalue weighted by Crippen LogP contribution is -2.54. The number of nitrogens with zero attached hydrogens (tertiary/aromatic N) is 1. The van der Waals surface area contributed by atoms with Crippen LogP contribution in [-0.2, 0) is 23.9 Å². The van der Waals surface area contributed by atoms with E-state index in [9.17, 15) is 14.4 Å². The molecule has 4 unspecified atom stereocenters. The van der Waals surface area contributed by atoms with Gasteiger partial charge in [-0.05, 0) is 39.7 Å². The summed E-state index contributed by atoms with van der Waals surface area (Å²) in [7, 11) is 4.39. The summed E-state index contributed by atoms with van der Waals surface area (Å²) < 4.78 is 10.2. The van der Waals surface area contributed by atoms with Crippen LogP contribution in [0.25, 0.3) is 21.5 Å². The van der Waals surface area contributed by atoms with Gasteiger partial charge in [-0.3, -0.25) is 19.3 Å². The van der Waals surface area contributed by atoms with E-state index in [2.05, 4.69) is 0 Å². The van der Waals surface area contributed by atoms with Crippen molar-refractivity contribution in [2.24, 2.45) is 11.8 Å². The molecule has 4 aromatic carbocycles.